The molecule has 36 heavy (non-hydrogen) atoms. The third-order valence-electron chi connectivity index (χ3n) is 6.44. The van der Waals surface area contributed by atoms with Gasteiger partial charge in [-0.15, -0.1) is 0 Å². The molecule has 1 aromatic carbocycles. The minimum Gasteiger partial charge on any atom is -0.383 e. The molecule has 0 bridgehead atoms. The van der Waals surface area contributed by atoms with Crippen LogP contribution in [-0.4, -0.2) is 56.6 Å². The van der Waals surface area contributed by atoms with Gasteiger partial charge in [0.1, 0.15) is 17.8 Å². The zero-order chi connectivity index (χ0) is 25.1. The summed E-state index contributed by atoms with van der Waals surface area (Å²) in [5, 5.41) is 5.60. The molecule has 0 amide bonds. The zero-order valence-electron chi connectivity index (χ0n) is 21.1. The van der Waals surface area contributed by atoms with Crippen LogP contribution in [0.2, 0.25) is 0 Å². The maximum atomic E-state index is 6.00. The van der Waals surface area contributed by atoms with Gasteiger partial charge < -0.3 is 16.0 Å². The van der Waals surface area contributed by atoms with Crippen molar-refractivity contribution in [3.63, 3.8) is 0 Å². The van der Waals surface area contributed by atoms with E-state index in [1.54, 1.807) is 0 Å². The number of aryl methyl sites for hydroxylation is 3. The molecule has 0 unspecified atom stereocenters. The Hall–Kier alpha value is -4.04. The third-order valence-corrected chi connectivity index (χ3v) is 6.44. The first-order chi connectivity index (χ1) is 17.5. The Morgan fingerprint density at radius 1 is 0.972 bits per heavy atom. The van der Waals surface area contributed by atoms with E-state index in [9.17, 15) is 0 Å². The van der Waals surface area contributed by atoms with Gasteiger partial charge in [-0.2, -0.15) is 0 Å². The van der Waals surface area contributed by atoms with E-state index in [0.29, 0.717) is 5.82 Å². The number of nitrogen functional groups attached to an aromatic ring is 1. The lowest BCUT2D eigenvalue weighted by molar-refractivity contribution is 0.425. The summed E-state index contributed by atoms with van der Waals surface area (Å²) in [4.78, 5) is 20.1. The predicted molar refractivity (Wildman–Crippen MR) is 147 cm³/mol. The smallest absolute Gasteiger partial charge is 0.150 e. The van der Waals surface area contributed by atoms with E-state index in [-0.39, 0.29) is 0 Å². The second kappa shape index (κ2) is 10.3. The Kier molecular flexibility index (Phi) is 6.77. The van der Waals surface area contributed by atoms with E-state index in [1.807, 2.05) is 29.2 Å². The highest BCUT2D eigenvalue weighted by Gasteiger charge is 2.10. The molecule has 4 aromatic heterocycles. The van der Waals surface area contributed by atoms with Gasteiger partial charge in [-0.25, -0.2) is 9.97 Å². The van der Waals surface area contributed by atoms with Crippen LogP contribution in [0.3, 0.4) is 0 Å². The quantitative estimate of drug-likeness (QED) is 0.325. The average molecular weight is 481 g/mol. The van der Waals surface area contributed by atoms with E-state index >= 15 is 0 Å². The summed E-state index contributed by atoms with van der Waals surface area (Å²) in [6.07, 6.45) is 9.92. The number of benzene rings is 1. The largest absolute Gasteiger partial charge is 0.383 e. The number of nitrogens with zero attached hydrogens (tertiary/aromatic N) is 6. The van der Waals surface area contributed by atoms with Gasteiger partial charge in [-0.05, 0) is 68.8 Å². The molecule has 5 aromatic rings. The molecular formula is C28H32N8. The summed E-state index contributed by atoms with van der Waals surface area (Å²) < 4.78 is 2.00. The van der Waals surface area contributed by atoms with Crippen molar-refractivity contribution in [3.05, 3.63) is 78.1 Å². The van der Waals surface area contributed by atoms with Crippen molar-refractivity contribution >= 4 is 33.4 Å². The Labute approximate surface area is 211 Å². The number of pyridine rings is 2. The van der Waals surface area contributed by atoms with Crippen LogP contribution in [0.5, 0.6) is 0 Å². The molecule has 8 heteroatoms. The molecule has 0 saturated heterocycles. The SMILES string of the molecule is CCc1cc(NCCN(C)C)c2ccc(CCc3cncc(-n4ccc5c(N)ncnc54)c3)cc2n1. The van der Waals surface area contributed by atoms with E-state index in [1.165, 1.54) is 17.3 Å². The second-order valence-corrected chi connectivity index (χ2v) is 9.33. The number of likely N-dealkylation sites (N-methyl/N-ethyl adjacent to an activating group) is 1. The van der Waals surface area contributed by atoms with Crippen molar-refractivity contribution in [1.82, 2.24) is 29.4 Å². The highest BCUT2D eigenvalue weighted by atomic mass is 15.1. The number of aromatic nitrogens is 5. The molecule has 0 saturated carbocycles. The normalized spacial score (nSPS) is 11.6. The first kappa shape index (κ1) is 23.7. The van der Waals surface area contributed by atoms with E-state index in [0.717, 1.165) is 71.5 Å². The predicted octanol–water partition coefficient (Wildman–Crippen LogP) is 4.27. The summed E-state index contributed by atoms with van der Waals surface area (Å²) in [5.74, 6) is 0.482. The van der Waals surface area contributed by atoms with Crippen molar-refractivity contribution in [2.75, 3.05) is 38.2 Å². The molecule has 3 N–H and O–H groups in total. The van der Waals surface area contributed by atoms with Gasteiger partial charge in [0.15, 0.2) is 0 Å². The molecule has 8 nitrogen and oxygen atoms in total. The first-order valence-corrected chi connectivity index (χ1v) is 12.3. The molecule has 4 heterocycles. The van der Waals surface area contributed by atoms with Crippen molar-refractivity contribution in [2.45, 2.75) is 26.2 Å². The topological polar surface area (TPSA) is 97.8 Å². The number of rotatable bonds is 9. The van der Waals surface area contributed by atoms with Crippen LogP contribution in [-0.2, 0) is 19.3 Å². The van der Waals surface area contributed by atoms with E-state index in [2.05, 4.69) is 76.5 Å². The minimum atomic E-state index is 0.482. The molecule has 0 fully saturated rings. The summed E-state index contributed by atoms with van der Waals surface area (Å²) >= 11 is 0. The van der Waals surface area contributed by atoms with Crippen LogP contribution < -0.4 is 11.1 Å². The van der Waals surface area contributed by atoms with Crippen LogP contribution in [0.4, 0.5) is 11.5 Å². The lowest BCUT2D eigenvalue weighted by Gasteiger charge is -2.15. The summed E-state index contributed by atoms with van der Waals surface area (Å²) in [6.45, 7) is 4.03. The highest BCUT2D eigenvalue weighted by Crippen LogP contribution is 2.26. The number of nitrogens with one attached hydrogen (secondary N) is 1. The molecule has 0 atom stereocenters. The Bertz CT molecular complexity index is 1500. The van der Waals surface area contributed by atoms with Crippen LogP contribution in [0.25, 0.3) is 27.6 Å². The number of anilines is 2. The summed E-state index contributed by atoms with van der Waals surface area (Å²) in [6, 6.07) is 12.9. The van der Waals surface area contributed by atoms with Gasteiger partial charge in [0.25, 0.3) is 0 Å². The Morgan fingerprint density at radius 3 is 2.67 bits per heavy atom. The second-order valence-electron chi connectivity index (χ2n) is 9.33. The van der Waals surface area contributed by atoms with Gasteiger partial charge in [0, 0.05) is 42.3 Å². The standard InChI is InChI=1S/C28H32N8/c1-4-21-15-25(31-10-12-35(2)3)23-8-7-19(14-26(23)34-21)5-6-20-13-22(17-30-16-20)36-11-9-24-27(29)32-18-33-28(24)36/h7-9,11,13-18H,4-6,10,12H2,1-3H3,(H,31,34)(H2,29,32,33). The number of hydrogen-bond acceptors (Lipinski definition) is 7. The fourth-order valence-corrected chi connectivity index (χ4v) is 4.44. The molecule has 5 rings (SSSR count). The lowest BCUT2D eigenvalue weighted by atomic mass is 10.0. The van der Waals surface area contributed by atoms with E-state index in [4.69, 9.17) is 10.7 Å². The highest BCUT2D eigenvalue weighted by molar-refractivity contribution is 5.92. The molecular weight excluding hydrogens is 448 g/mol. The average Bonchev–Trinajstić information content (AvgIpc) is 3.32. The molecule has 184 valence electrons. The van der Waals surface area contributed by atoms with Crippen molar-refractivity contribution < 1.29 is 0 Å². The van der Waals surface area contributed by atoms with Gasteiger partial charge in [0.05, 0.1) is 22.8 Å². The van der Waals surface area contributed by atoms with Gasteiger partial charge in [-0.3, -0.25) is 14.5 Å². The molecule has 0 aliphatic heterocycles. The van der Waals surface area contributed by atoms with Crippen LogP contribution in [0.15, 0.2) is 61.3 Å². The third kappa shape index (κ3) is 4.99. The van der Waals surface area contributed by atoms with Gasteiger partial charge >= 0.3 is 0 Å². The maximum Gasteiger partial charge on any atom is 0.150 e. The maximum absolute atomic E-state index is 6.00. The van der Waals surface area contributed by atoms with Crippen molar-refractivity contribution in [1.29, 1.82) is 0 Å². The van der Waals surface area contributed by atoms with Crippen LogP contribution in [0, 0.1) is 0 Å². The summed E-state index contributed by atoms with van der Waals surface area (Å²) in [7, 11) is 4.18. The zero-order valence-corrected chi connectivity index (χ0v) is 21.1. The van der Waals surface area contributed by atoms with Crippen molar-refractivity contribution in [2.24, 2.45) is 0 Å². The van der Waals surface area contributed by atoms with E-state index < -0.39 is 0 Å². The fraction of sp³-hybridized carbons (Fsp3) is 0.286. The molecule has 0 aliphatic carbocycles. The first-order valence-electron chi connectivity index (χ1n) is 12.3. The van der Waals surface area contributed by atoms with Crippen LogP contribution >= 0.6 is 0 Å². The van der Waals surface area contributed by atoms with Gasteiger partial charge in [0.2, 0.25) is 0 Å². The van der Waals surface area contributed by atoms with Crippen molar-refractivity contribution in [3.8, 4) is 5.69 Å². The Balaban J connectivity index is 1.36. The molecule has 0 radical (unpaired) electrons. The number of fused-ring (bicyclic) bond motifs is 2. The Morgan fingerprint density at radius 2 is 1.83 bits per heavy atom. The number of hydrogen-bond donors (Lipinski definition) is 2. The minimum absolute atomic E-state index is 0.482. The van der Waals surface area contributed by atoms with Gasteiger partial charge in [-0.1, -0.05) is 19.1 Å². The molecule has 0 spiro atoms. The van der Waals surface area contributed by atoms with Crippen LogP contribution in [0.1, 0.15) is 23.7 Å². The molecule has 0 aliphatic rings. The monoisotopic (exact) mass is 480 g/mol. The lowest BCUT2D eigenvalue weighted by Crippen LogP contribution is -2.21. The fourth-order valence-electron chi connectivity index (χ4n) is 4.44. The number of nitrogens with two attached hydrogens (primary N) is 1. The summed E-state index contributed by atoms with van der Waals surface area (Å²) in [5.41, 5.74) is 13.5.